The Bertz CT molecular complexity index is 577. The van der Waals surface area contributed by atoms with E-state index in [0.717, 1.165) is 18.2 Å². The molecule has 0 aliphatic carbocycles. The summed E-state index contributed by atoms with van der Waals surface area (Å²) in [5.74, 6) is -6.51. The summed E-state index contributed by atoms with van der Waals surface area (Å²) in [4.78, 5) is 0. The molecular weight excluding hydrogens is 239 g/mol. The Kier molecular flexibility index (Phi) is 2.83. The fraction of sp³-hybridized carbons (Fsp3) is 0. The average Bonchev–Trinajstić information content (AvgIpc) is 2.27. The van der Waals surface area contributed by atoms with Gasteiger partial charge in [0, 0.05) is 17.2 Å². The lowest BCUT2D eigenvalue weighted by Gasteiger charge is -2.06. The Hall–Kier alpha value is -1.91. The zero-order valence-corrected chi connectivity index (χ0v) is 8.28. The maximum atomic E-state index is 13.3. The van der Waals surface area contributed by atoms with Crippen LogP contribution >= 0.6 is 0 Å². The highest BCUT2D eigenvalue weighted by atomic mass is 19.2. The zero-order chi connectivity index (χ0) is 12.6. The van der Waals surface area contributed by atoms with Crippen LogP contribution in [0.2, 0.25) is 0 Å². The van der Waals surface area contributed by atoms with E-state index in [-0.39, 0.29) is 0 Å². The van der Waals surface area contributed by atoms with E-state index in [4.69, 9.17) is 0 Å². The van der Waals surface area contributed by atoms with E-state index < -0.39 is 40.2 Å². The van der Waals surface area contributed by atoms with E-state index in [1.54, 1.807) is 0 Å². The van der Waals surface area contributed by atoms with Crippen molar-refractivity contribution in [3.8, 4) is 11.1 Å². The second-order valence-electron chi connectivity index (χ2n) is 3.35. The average molecular weight is 244 g/mol. The molecule has 2 aromatic rings. The minimum atomic E-state index is -1.45. The van der Waals surface area contributed by atoms with Crippen molar-refractivity contribution >= 4 is 0 Å². The first-order valence-electron chi connectivity index (χ1n) is 4.59. The van der Waals surface area contributed by atoms with Crippen molar-refractivity contribution in [2.24, 2.45) is 0 Å². The van der Waals surface area contributed by atoms with Gasteiger partial charge in [-0.25, -0.2) is 22.0 Å². The summed E-state index contributed by atoms with van der Waals surface area (Å²) < 4.78 is 65.4. The molecule has 0 unspecified atom stereocenters. The van der Waals surface area contributed by atoms with Gasteiger partial charge in [0.1, 0.15) is 5.82 Å². The lowest BCUT2D eigenvalue weighted by atomic mass is 10.0. The topological polar surface area (TPSA) is 0 Å². The van der Waals surface area contributed by atoms with Crippen molar-refractivity contribution in [1.82, 2.24) is 0 Å². The zero-order valence-electron chi connectivity index (χ0n) is 8.28. The van der Waals surface area contributed by atoms with Gasteiger partial charge in [0.25, 0.3) is 0 Å². The smallest absolute Gasteiger partial charge is 0.166 e. The summed E-state index contributed by atoms with van der Waals surface area (Å²) in [6, 6.07) is 3.92. The quantitative estimate of drug-likeness (QED) is 0.524. The molecule has 0 heterocycles. The largest absolute Gasteiger partial charge is 0.207 e. The van der Waals surface area contributed by atoms with E-state index >= 15 is 0 Å². The van der Waals surface area contributed by atoms with Crippen LogP contribution in [0, 0.1) is 29.1 Å². The molecule has 0 N–H and O–H groups in total. The third-order valence-electron chi connectivity index (χ3n) is 2.23. The van der Waals surface area contributed by atoms with E-state index in [2.05, 4.69) is 0 Å². The molecule has 0 spiro atoms. The van der Waals surface area contributed by atoms with Crippen LogP contribution < -0.4 is 0 Å². The van der Waals surface area contributed by atoms with Crippen molar-refractivity contribution in [2.75, 3.05) is 0 Å². The molecule has 0 fully saturated rings. The molecule has 5 heteroatoms. The number of benzene rings is 2. The first kappa shape index (κ1) is 11.6. The molecule has 0 bridgehead atoms. The van der Waals surface area contributed by atoms with Crippen LogP contribution in [-0.2, 0) is 0 Å². The monoisotopic (exact) mass is 244 g/mol. The third-order valence-corrected chi connectivity index (χ3v) is 2.23. The van der Waals surface area contributed by atoms with Crippen LogP contribution in [-0.4, -0.2) is 0 Å². The van der Waals surface area contributed by atoms with E-state index in [0.29, 0.717) is 12.1 Å². The predicted octanol–water partition coefficient (Wildman–Crippen LogP) is 4.05. The van der Waals surface area contributed by atoms with Crippen molar-refractivity contribution in [3.63, 3.8) is 0 Å². The molecule has 2 aromatic carbocycles. The molecular formula is C12H5F5. The first-order chi connectivity index (χ1) is 8.00. The second-order valence-corrected chi connectivity index (χ2v) is 3.35. The highest BCUT2D eigenvalue weighted by Gasteiger charge is 2.17. The van der Waals surface area contributed by atoms with E-state index in [1.165, 1.54) is 0 Å². The maximum absolute atomic E-state index is 13.3. The van der Waals surface area contributed by atoms with Gasteiger partial charge < -0.3 is 0 Å². The van der Waals surface area contributed by atoms with Crippen molar-refractivity contribution in [2.45, 2.75) is 0 Å². The third kappa shape index (κ3) is 2.00. The highest BCUT2D eigenvalue weighted by Crippen LogP contribution is 2.28. The standard InChI is InChI=1S/C12H5F5/c13-6-4-8(12(17)10(15)5-6)7-2-1-3-9(14)11(7)16/h1-5H. The molecule has 0 aliphatic rings. The fourth-order valence-corrected chi connectivity index (χ4v) is 1.46. The lowest BCUT2D eigenvalue weighted by molar-refractivity contribution is 0.492. The number of hydrogen-bond acceptors (Lipinski definition) is 0. The van der Waals surface area contributed by atoms with Crippen LogP contribution in [0.1, 0.15) is 0 Å². The minimum absolute atomic E-state index is 0.329. The molecule has 2 rings (SSSR count). The predicted molar refractivity (Wildman–Crippen MR) is 51.7 cm³/mol. The van der Waals surface area contributed by atoms with Crippen LogP contribution in [0.25, 0.3) is 11.1 Å². The maximum Gasteiger partial charge on any atom is 0.166 e. The lowest BCUT2D eigenvalue weighted by Crippen LogP contribution is -1.96. The van der Waals surface area contributed by atoms with Crippen molar-refractivity contribution in [1.29, 1.82) is 0 Å². The van der Waals surface area contributed by atoms with Gasteiger partial charge in [-0.3, -0.25) is 0 Å². The van der Waals surface area contributed by atoms with Crippen molar-refractivity contribution in [3.05, 3.63) is 59.4 Å². The van der Waals surface area contributed by atoms with E-state index in [1.807, 2.05) is 0 Å². The van der Waals surface area contributed by atoms with Crippen molar-refractivity contribution < 1.29 is 22.0 Å². The van der Waals surface area contributed by atoms with Gasteiger partial charge in [0.05, 0.1) is 0 Å². The Morgan fingerprint density at radius 2 is 1.29 bits per heavy atom. The molecule has 0 amide bonds. The Balaban J connectivity index is 2.73. The number of hydrogen-bond donors (Lipinski definition) is 0. The van der Waals surface area contributed by atoms with Gasteiger partial charge in [-0.1, -0.05) is 12.1 Å². The highest BCUT2D eigenvalue weighted by molar-refractivity contribution is 5.65. The Morgan fingerprint density at radius 3 is 2.00 bits per heavy atom. The molecule has 0 atom stereocenters. The molecule has 0 saturated carbocycles. The van der Waals surface area contributed by atoms with Gasteiger partial charge in [-0.05, 0) is 12.1 Å². The van der Waals surface area contributed by atoms with Gasteiger partial charge in [0.2, 0.25) is 0 Å². The van der Waals surface area contributed by atoms with Crippen LogP contribution in [0.3, 0.4) is 0 Å². The summed E-state index contributed by atoms with van der Waals surface area (Å²) in [5, 5.41) is 0. The molecule has 17 heavy (non-hydrogen) atoms. The molecule has 0 aromatic heterocycles. The van der Waals surface area contributed by atoms with Crippen LogP contribution in [0.5, 0.6) is 0 Å². The first-order valence-corrected chi connectivity index (χ1v) is 4.59. The summed E-state index contributed by atoms with van der Waals surface area (Å²) >= 11 is 0. The summed E-state index contributed by atoms with van der Waals surface area (Å²) in [5.41, 5.74) is -1.18. The van der Waals surface area contributed by atoms with Gasteiger partial charge in [-0.15, -0.1) is 0 Å². The summed E-state index contributed by atoms with van der Waals surface area (Å²) in [6.07, 6.45) is 0. The van der Waals surface area contributed by atoms with Gasteiger partial charge >= 0.3 is 0 Å². The summed E-state index contributed by atoms with van der Waals surface area (Å²) in [6.45, 7) is 0. The van der Waals surface area contributed by atoms with Gasteiger partial charge in [0.15, 0.2) is 23.3 Å². The normalized spacial score (nSPS) is 10.6. The molecule has 88 valence electrons. The number of halogens is 5. The summed E-state index contributed by atoms with van der Waals surface area (Å²) in [7, 11) is 0. The Morgan fingerprint density at radius 1 is 0.647 bits per heavy atom. The SMILES string of the molecule is Fc1cc(F)c(F)c(-c2cccc(F)c2F)c1. The fourth-order valence-electron chi connectivity index (χ4n) is 1.46. The minimum Gasteiger partial charge on any atom is -0.207 e. The molecule has 0 saturated heterocycles. The van der Waals surface area contributed by atoms with Gasteiger partial charge in [-0.2, -0.15) is 0 Å². The van der Waals surface area contributed by atoms with Crippen LogP contribution in [0.4, 0.5) is 22.0 Å². The van der Waals surface area contributed by atoms with E-state index in [9.17, 15) is 22.0 Å². The Labute approximate surface area is 93.3 Å². The molecule has 0 nitrogen and oxygen atoms in total. The number of rotatable bonds is 1. The molecule has 0 radical (unpaired) electrons. The van der Waals surface area contributed by atoms with Crippen LogP contribution in [0.15, 0.2) is 30.3 Å². The molecule has 0 aliphatic heterocycles. The second kappa shape index (κ2) is 4.16.